The van der Waals surface area contributed by atoms with Gasteiger partial charge in [-0.05, 0) is 54.7 Å². The molecule has 34 heavy (non-hydrogen) atoms. The van der Waals surface area contributed by atoms with E-state index >= 15 is 0 Å². The molecular weight excluding hydrogens is 452 g/mol. The van der Waals surface area contributed by atoms with Crippen LogP contribution in [-0.2, 0) is 16.0 Å². The van der Waals surface area contributed by atoms with Crippen molar-refractivity contribution in [2.24, 2.45) is 0 Å². The van der Waals surface area contributed by atoms with Gasteiger partial charge in [-0.25, -0.2) is 4.98 Å². The lowest BCUT2D eigenvalue weighted by Crippen LogP contribution is -2.34. The number of hydrogen-bond donors (Lipinski definition) is 2. The van der Waals surface area contributed by atoms with E-state index in [9.17, 15) is 4.79 Å². The summed E-state index contributed by atoms with van der Waals surface area (Å²) in [4.78, 5) is 19.3. The standard InChI is InChI=1S/C25H28N4O4S/c1-3-23-27-25(34-28-23)18-8-7-17(2)20(15-18)26-16-24(31)29-10-9-19-21(29)5-4-6-22(19)33-14-13-32-12-11-30/h3-8,15,26,30H,1,9-14,16H2,2H3. The van der Waals surface area contributed by atoms with Crippen LogP contribution in [0, 0.1) is 6.92 Å². The largest absolute Gasteiger partial charge is 0.491 e. The second-order valence-electron chi connectivity index (χ2n) is 7.78. The van der Waals surface area contributed by atoms with Crippen molar-refractivity contribution in [3.63, 3.8) is 0 Å². The number of nitrogens with zero attached hydrogens (tertiary/aromatic N) is 3. The van der Waals surface area contributed by atoms with Crippen molar-refractivity contribution in [1.29, 1.82) is 0 Å². The van der Waals surface area contributed by atoms with Gasteiger partial charge in [-0.1, -0.05) is 24.8 Å². The van der Waals surface area contributed by atoms with E-state index in [1.165, 1.54) is 11.5 Å². The molecule has 8 nitrogen and oxygen atoms in total. The SMILES string of the molecule is C=Cc1nsc(-c2ccc(C)c(NCC(=O)N3CCc4c(OCCOCCO)cccc43)c2)n1. The zero-order chi connectivity index (χ0) is 23.9. The van der Waals surface area contributed by atoms with Crippen LogP contribution in [0.1, 0.15) is 17.0 Å². The highest BCUT2D eigenvalue weighted by molar-refractivity contribution is 7.09. The number of aliphatic hydroxyl groups is 1. The minimum absolute atomic E-state index is 0.00292. The van der Waals surface area contributed by atoms with Crippen LogP contribution in [0.4, 0.5) is 11.4 Å². The van der Waals surface area contributed by atoms with Gasteiger partial charge >= 0.3 is 0 Å². The molecule has 0 spiro atoms. The molecule has 1 aromatic heterocycles. The van der Waals surface area contributed by atoms with E-state index in [0.717, 1.165) is 45.2 Å². The monoisotopic (exact) mass is 480 g/mol. The van der Waals surface area contributed by atoms with Crippen molar-refractivity contribution in [2.75, 3.05) is 49.7 Å². The summed E-state index contributed by atoms with van der Waals surface area (Å²) in [5.41, 5.74) is 4.80. The quantitative estimate of drug-likeness (QED) is 0.405. The lowest BCUT2D eigenvalue weighted by Gasteiger charge is -2.19. The van der Waals surface area contributed by atoms with Crippen LogP contribution >= 0.6 is 11.5 Å². The van der Waals surface area contributed by atoms with E-state index in [0.29, 0.717) is 32.2 Å². The Morgan fingerprint density at radius 1 is 1.29 bits per heavy atom. The van der Waals surface area contributed by atoms with Crippen LogP contribution in [0.15, 0.2) is 43.0 Å². The zero-order valence-electron chi connectivity index (χ0n) is 19.1. The number of nitrogens with one attached hydrogen (secondary N) is 1. The highest BCUT2D eigenvalue weighted by atomic mass is 32.1. The summed E-state index contributed by atoms with van der Waals surface area (Å²) in [6.07, 6.45) is 2.37. The average Bonchev–Trinajstić information content (AvgIpc) is 3.51. The second-order valence-corrected chi connectivity index (χ2v) is 8.53. The van der Waals surface area contributed by atoms with Crippen molar-refractivity contribution >= 4 is 34.9 Å². The summed E-state index contributed by atoms with van der Waals surface area (Å²) in [5, 5.41) is 12.9. The molecule has 0 fully saturated rings. The molecule has 0 atom stereocenters. The normalized spacial score (nSPS) is 12.5. The molecule has 1 amide bonds. The van der Waals surface area contributed by atoms with Crippen molar-refractivity contribution in [2.45, 2.75) is 13.3 Å². The Morgan fingerprint density at radius 2 is 2.18 bits per heavy atom. The summed E-state index contributed by atoms with van der Waals surface area (Å²) in [6.45, 7) is 7.60. The van der Waals surface area contributed by atoms with Gasteiger partial charge in [0.1, 0.15) is 17.4 Å². The Bertz CT molecular complexity index is 1160. The first-order chi connectivity index (χ1) is 16.6. The first kappa shape index (κ1) is 23.9. The number of ether oxygens (including phenoxy) is 2. The lowest BCUT2D eigenvalue weighted by molar-refractivity contribution is -0.116. The highest BCUT2D eigenvalue weighted by Gasteiger charge is 2.27. The number of aryl methyl sites for hydroxylation is 1. The van der Waals surface area contributed by atoms with Gasteiger partial charge in [-0.15, -0.1) is 0 Å². The Hall–Kier alpha value is -3.27. The van der Waals surface area contributed by atoms with Crippen LogP contribution in [0.2, 0.25) is 0 Å². The number of carbonyl (C=O) groups is 1. The highest BCUT2D eigenvalue weighted by Crippen LogP contribution is 2.35. The van der Waals surface area contributed by atoms with Gasteiger partial charge in [0.05, 0.1) is 32.1 Å². The Kier molecular flexibility index (Phi) is 7.89. The van der Waals surface area contributed by atoms with E-state index in [-0.39, 0.29) is 19.1 Å². The lowest BCUT2D eigenvalue weighted by atomic mass is 10.1. The van der Waals surface area contributed by atoms with Crippen molar-refractivity contribution in [3.8, 4) is 16.3 Å². The Labute approximate surface area is 203 Å². The molecule has 2 aromatic carbocycles. The number of benzene rings is 2. The third-order valence-electron chi connectivity index (χ3n) is 5.55. The average molecular weight is 481 g/mol. The zero-order valence-corrected chi connectivity index (χ0v) is 19.9. The van der Waals surface area contributed by atoms with Gasteiger partial charge in [0.15, 0.2) is 5.82 Å². The molecule has 0 radical (unpaired) electrons. The number of anilines is 2. The number of amides is 1. The fourth-order valence-electron chi connectivity index (χ4n) is 3.82. The fraction of sp³-hybridized carbons (Fsp3) is 0.320. The Morgan fingerprint density at radius 3 is 2.97 bits per heavy atom. The summed E-state index contributed by atoms with van der Waals surface area (Å²) < 4.78 is 15.4. The molecular formula is C25H28N4O4S. The fourth-order valence-corrected chi connectivity index (χ4v) is 4.48. The predicted octanol–water partition coefficient (Wildman–Crippen LogP) is 3.55. The van der Waals surface area contributed by atoms with Crippen LogP contribution in [-0.4, -0.2) is 59.9 Å². The maximum atomic E-state index is 13.1. The molecule has 0 saturated carbocycles. The molecule has 1 aliphatic rings. The van der Waals surface area contributed by atoms with Crippen molar-refractivity contribution in [1.82, 2.24) is 9.36 Å². The van der Waals surface area contributed by atoms with Gasteiger partial charge in [-0.3, -0.25) is 4.79 Å². The third-order valence-corrected chi connectivity index (χ3v) is 6.32. The van der Waals surface area contributed by atoms with Crippen LogP contribution in [0.5, 0.6) is 5.75 Å². The molecule has 3 aromatic rings. The van der Waals surface area contributed by atoms with Crippen LogP contribution < -0.4 is 15.0 Å². The van der Waals surface area contributed by atoms with E-state index in [4.69, 9.17) is 14.6 Å². The van der Waals surface area contributed by atoms with Crippen molar-refractivity contribution < 1.29 is 19.4 Å². The first-order valence-electron chi connectivity index (χ1n) is 11.2. The predicted molar refractivity (Wildman–Crippen MR) is 135 cm³/mol. The van der Waals surface area contributed by atoms with Crippen LogP contribution in [0.25, 0.3) is 16.6 Å². The van der Waals surface area contributed by atoms with Gasteiger partial charge < -0.3 is 24.8 Å². The molecule has 2 N–H and O–H groups in total. The molecule has 0 bridgehead atoms. The maximum absolute atomic E-state index is 13.1. The molecule has 0 unspecified atom stereocenters. The van der Waals surface area contributed by atoms with Crippen molar-refractivity contribution in [3.05, 3.63) is 59.9 Å². The summed E-state index contributed by atoms with van der Waals surface area (Å²) in [6, 6.07) is 11.8. The van der Waals surface area contributed by atoms with E-state index in [2.05, 4.69) is 21.3 Å². The molecule has 9 heteroatoms. The molecule has 2 heterocycles. The smallest absolute Gasteiger partial charge is 0.246 e. The minimum Gasteiger partial charge on any atom is -0.491 e. The summed E-state index contributed by atoms with van der Waals surface area (Å²) in [7, 11) is 0. The van der Waals surface area contributed by atoms with Gasteiger partial charge in [0, 0.05) is 23.4 Å². The Balaban J connectivity index is 1.40. The van der Waals surface area contributed by atoms with Crippen LogP contribution in [0.3, 0.4) is 0 Å². The van der Waals surface area contributed by atoms with E-state index < -0.39 is 0 Å². The molecule has 0 saturated heterocycles. The number of fused-ring (bicyclic) bond motifs is 1. The molecule has 178 valence electrons. The second kappa shape index (κ2) is 11.2. The van der Waals surface area contributed by atoms with E-state index in [1.807, 2.05) is 43.3 Å². The number of rotatable bonds is 11. The molecule has 0 aliphatic carbocycles. The number of aromatic nitrogens is 2. The van der Waals surface area contributed by atoms with Gasteiger partial charge in [-0.2, -0.15) is 4.37 Å². The molecule has 4 rings (SSSR count). The molecule has 1 aliphatic heterocycles. The summed E-state index contributed by atoms with van der Waals surface area (Å²) >= 11 is 1.32. The van der Waals surface area contributed by atoms with E-state index in [1.54, 1.807) is 11.0 Å². The maximum Gasteiger partial charge on any atom is 0.246 e. The van der Waals surface area contributed by atoms with Gasteiger partial charge in [0.2, 0.25) is 5.91 Å². The third kappa shape index (κ3) is 5.44. The number of carbonyl (C=O) groups excluding carboxylic acids is 1. The minimum atomic E-state index is -0.00592. The topological polar surface area (TPSA) is 96.8 Å². The number of aliphatic hydroxyl groups excluding tert-OH is 1. The number of hydrogen-bond acceptors (Lipinski definition) is 8. The first-order valence-corrected chi connectivity index (χ1v) is 11.9. The summed E-state index contributed by atoms with van der Waals surface area (Å²) in [5.74, 6) is 1.38. The van der Waals surface area contributed by atoms with Gasteiger partial charge in [0.25, 0.3) is 0 Å².